The highest BCUT2D eigenvalue weighted by molar-refractivity contribution is 7.91. The van der Waals surface area contributed by atoms with Crippen LogP contribution in [-0.4, -0.2) is 113 Å². The summed E-state index contributed by atoms with van der Waals surface area (Å²) in [7, 11) is -3.78. The number of amides is 4. The van der Waals surface area contributed by atoms with Gasteiger partial charge in [-0.05, 0) is 162 Å². The zero-order chi connectivity index (χ0) is 47.4. The first-order chi connectivity index (χ1) is 31.9. The maximum absolute atomic E-state index is 14.1. The number of urea groups is 2. The lowest BCUT2D eigenvalue weighted by atomic mass is 9.90. The molecule has 3 fully saturated rings. The molecule has 2 saturated heterocycles. The van der Waals surface area contributed by atoms with Crippen molar-refractivity contribution in [3.63, 3.8) is 0 Å². The van der Waals surface area contributed by atoms with Crippen molar-refractivity contribution in [2.45, 2.75) is 102 Å². The van der Waals surface area contributed by atoms with Crippen molar-refractivity contribution in [1.29, 1.82) is 0 Å². The molecular formula is C49H62N8O8S2. The van der Waals surface area contributed by atoms with Gasteiger partial charge in [-0.25, -0.2) is 45.8 Å². The second-order valence-corrected chi connectivity index (χ2v) is 23.0. The number of pyridine rings is 2. The number of nitrogens with zero attached hydrogens (tertiary/aromatic N) is 4. The number of anilines is 2. The minimum atomic E-state index is -4.10. The first-order valence-corrected chi connectivity index (χ1v) is 26.9. The lowest BCUT2D eigenvalue weighted by Gasteiger charge is -2.37. The number of fused-ring (bicyclic) bond motifs is 2. The third kappa shape index (κ3) is 10.1. The Morgan fingerprint density at radius 1 is 0.716 bits per heavy atom. The number of ether oxygens (including phenoxy) is 2. The van der Waals surface area contributed by atoms with E-state index in [-0.39, 0.29) is 24.0 Å². The van der Waals surface area contributed by atoms with Gasteiger partial charge in [-0.2, -0.15) is 0 Å². The van der Waals surface area contributed by atoms with Crippen LogP contribution < -0.4 is 29.6 Å². The van der Waals surface area contributed by atoms with E-state index in [2.05, 4.69) is 54.3 Å². The predicted octanol–water partition coefficient (Wildman–Crippen LogP) is 6.51. The first-order valence-electron chi connectivity index (χ1n) is 23.5. The largest absolute Gasteiger partial charge is 0.474 e. The quantitative estimate of drug-likeness (QED) is 0.120. The maximum atomic E-state index is 14.1. The van der Waals surface area contributed by atoms with E-state index >= 15 is 0 Å². The number of carbonyl (C=O) groups excluding carboxylic acids is 2. The van der Waals surface area contributed by atoms with Crippen LogP contribution in [0.1, 0.15) is 77.5 Å². The van der Waals surface area contributed by atoms with Gasteiger partial charge >= 0.3 is 12.1 Å². The molecular weight excluding hydrogens is 893 g/mol. The molecule has 1 saturated carbocycles. The molecule has 18 heteroatoms. The summed E-state index contributed by atoms with van der Waals surface area (Å²) in [5, 5.41) is 5.09. The summed E-state index contributed by atoms with van der Waals surface area (Å²) in [6, 6.07) is 8.35. The smallest absolute Gasteiger partial charge is 0.332 e. The van der Waals surface area contributed by atoms with Crippen LogP contribution in [0.3, 0.4) is 0 Å². The van der Waals surface area contributed by atoms with Crippen LogP contribution in [0.2, 0.25) is 0 Å². The Balaban J connectivity index is 0.922. The van der Waals surface area contributed by atoms with Crippen molar-refractivity contribution in [2.24, 2.45) is 11.8 Å². The highest BCUT2D eigenvalue weighted by Crippen LogP contribution is 2.48. The fourth-order valence-corrected chi connectivity index (χ4v) is 13.1. The Hall–Kier alpha value is -5.30. The third-order valence-electron chi connectivity index (χ3n) is 14.4. The molecule has 358 valence electrons. The highest BCUT2D eigenvalue weighted by Gasteiger charge is 2.55. The van der Waals surface area contributed by atoms with Gasteiger partial charge in [-0.3, -0.25) is 0 Å². The highest BCUT2D eigenvalue weighted by atomic mass is 32.2. The van der Waals surface area contributed by atoms with E-state index in [9.17, 15) is 26.4 Å². The van der Waals surface area contributed by atoms with Crippen molar-refractivity contribution < 1.29 is 35.9 Å². The lowest BCUT2D eigenvalue weighted by Crippen LogP contribution is -2.46. The van der Waals surface area contributed by atoms with Crippen LogP contribution in [-0.2, 0) is 45.7 Å². The summed E-state index contributed by atoms with van der Waals surface area (Å²) in [4.78, 5) is 40.6. The standard InChI is InChI=1S/C49H62N8O8S2/c1-28-23-31-9-7-11-36(31)45(43(28)33-13-18-50-42(25-33)64-34-15-20-56(4)21-16-34)52-49(59)55-67(62,63)41-26-38(41)39-27-57(5)22-17-40(39)65-47-30(3)35(14-19-51-47)44-29(2)24-32-10-8-12-37(32)46(44)53-48(58)54-66(6,60)61/h13-14,18-19,23-25,34,38-41H,7-12,15-17,20-22,26-27H2,1-6H3,(H2,52,55,59)(H2,53,54,58). The monoisotopic (exact) mass is 954 g/mol. The van der Waals surface area contributed by atoms with E-state index in [0.717, 1.165) is 138 Å². The molecule has 4 unspecified atom stereocenters. The molecule has 4 atom stereocenters. The van der Waals surface area contributed by atoms with Crippen molar-refractivity contribution in [2.75, 3.05) is 57.2 Å². The van der Waals surface area contributed by atoms with Gasteiger partial charge in [0.25, 0.3) is 0 Å². The minimum absolute atomic E-state index is 0.0680. The van der Waals surface area contributed by atoms with Crippen molar-refractivity contribution in [1.82, 2.24) is 29.2 Å². The third-order valence-corrected chi connectivity index (χ3v) is 16.7. The second-order valence-electron chi connectivity index (χ2n) is 19.4. The minimum Gasteiger partial charge on any atom is -0.474 e. The SMILES string of the molecule is Cc1cc2c(c(NC(=O)NS(=O)(=O)C3CC3C3CN(C)CCC3Oc3nccc(-c4c(C)cc5c(c4NC(=O)NS(C)(=O)=O)CCC5)c3C)c1-c1ccnc(OC3CCN(C)CC3)c1)CCC2. The number of sulfonamides is 2. The molecule has 4 N–H and O–H groups in total. The molecule has 2 aliphatic heterocycles. The number of hydrogen-bond acceptors (Lipinski definition) is 12. The molecule has 5 aliphatic rings. The number of aromatic nitrogens is 2. The van der Waals surface area contributed by atoms with Gasteiger partial charge in [-0.1, -0.05) is 12.1 Å². The Morgan fingerprint density at radius 2 is 1.33 bits per heavy atom. The molecule has 2 aromatic heterocycles. The first kappa shape index (κ1) is 46.8. The number of hydrogen-bond donors (Lipinski definition) is 4. The molecule has 0 radical (unpaired) electrons. The number of carbonyl (C=O) groups is 2. The molecule has 4 heterocycles. The number of likely N-dealkylation sites (tertiary alicyclic amines) is 2. The number of nitrogens with one attached hydrogen (secondary N) is 4. The topological polar surface area (TPSA) is 201 Å². The second kappa shape index (κ2) is 18.7. The van der Waals surface area contributed by atoms with Gasteiger partial charge < -0.3 is 29.9 Å². The van der Waals surface area contributed by atoms with Crippen molar-refractivity contribution in [3.8, 4) is 34.0 Å². The van der Waals surface area contributed by atoms with Crippen molar-refractivity contribution in [3.05, 3.63) is 81.7 Å². The lowest BCUT2D eigenvalue weighted by molar-refractivity contribution is 0.0405. The summed E-state index contributed by atoms with van der Waals surface area (Å²) >= 11 is 0. The fraction of sp³-hybridized carbons (Fsp3) is 0.510. The molecule has 3 aliphatic carbocycles. The summed E-state index contributed by atoms with van der Waals surface area (Å²) in [6.45, 7) is 9.16. The van der Waals surface area contributed by atoms with E-state index in [1.165, 1.54) is 0 Å². The van der Waals surface area contributed by atoms with Crippen LogP contribution >= 0.6 is 0 Å². The summed E-state index contributed by atoms with van der Waals surface area (Å²) in [6.07, 6.45) is 12.0. The van der Waals surface area contributed by atoms with Gasteiger partial charge in [0.2, 0.25) is 31.8 Å². The number of piperidine rings is 2. The van der Waals surface area contributed by atoms with Crippen LogP contribution in [0, 0.1) is 32.6 Å². The predicted molar refractivity (Wildman–Crippen MR) is 259 cm³/mol. The van der Waals surface area contributed by atoms with Gasteiger partial charge in [0.15, 0.2) is 0 Å². The summed E-state index contributed by atoms with van der Waals surface area (Å²) in [5.74, 6) is 0.491. The summed E-state index contributed by atoms with van der Waals surface area (Å²) < 4.78 is 69.7. The molecule has 4 amide bonds. The van der Waals surface area contributed by atoms with Gasteiger partial charge in [0.05, 0.1) is 22.9 Å². The molecule has 67 heavy (non-hydrogen) atoms. The maximum Gasteiger partial charge on any atom is 0.332 e. The normalized spacial score (nSPS) is 22.1. The van der Waals surface area contributed by atoms with E-state index in [1.807, 2.05) is 50.7 Å². The summed E-state index contributed by atoms with van der Waals surface area (Å²) in [5.41, 5.74) is 11.3. The average Bonchev–Trinajstić information content (AvgIpc) is 3.71. The Kier molecular flexibility index (Phi) is 13.0. The van der Waals surface area contributed by atoms with Crippen LogP contribution in [0.4, 0.5) is 21.0 Å². The number of benzene rings is 2. The molecule has 9 rings (SSSR count). The number of rotatable bonds is 12. The Labute approximate surface area is 394 Å². The molecule has 2 aromatic carbocycles. The van der Waals surface area contributed by atoms with Crippen LogP contribution in [0.25, 0.3) is 22.3 Å². The van der Waals surface area contributed by atoms with E-state index < -0.39 is 37.4 Å². The molecule has 4 aromatic rings. The van der Waals surface area contributed by atoms with Crippen molar-refractivity contribution >= 4 is 43.5 Å². The van der Waals surface area contributed by atoms with Gasteiger partial charge in [0, 0.05) is 67.2 Å². The Bertz CT molecular complexity index is 2830. The number of aryl methyl sites for hydroxylation is 4. The molecule has 0 spiro atoms. The Morgan fingerprint density at radius 3 is 2.00 bits per heavy atom. The van der Waals surface area contributed by atoms with Gasteiger partial charge in [0.1, 0.15) is 12.2 Å². The zero-order valence-corrected chi connectivity index (χ0v) is 40.8. The average molecular weight is 955 g/mol. The van der Waals surface area contributed by atoms with E-state index in [0.29, 0.717) is 42.5 Å². The zero-order valence-electron chi connectivity index (χ0n) is 39.2. The molecule has 16 nitrogen and oxygen atoms in total. The van der Waals surface area contributed by atoms with Gasteiger partial charge in [-0.15, -0.1) is 0 Å². The van der Waals surface area contributed by atoms with Crippen LogP contribution in [0.5, 0.6) is 11.8 Å². The van der Waals surface area contributed by atoms with Crippen LogP contribution in [0.15, 0.2) is 42.7 Å². The fourth-order valence-electron chi connectivity index (χ4n) is 11.1. The molecule has 0 bridgehead atoms. The van der Waals surface area contributed by atoms with E-state index in [1.54, 1.807) is 12.4 Å². The van der Waals surface area contributed by atoms with E-state index in [4.69, 9.17) is 9.47 Å².